The van der Waals surface area contributed by atoms with Gasteiger partial charge in [-0.05, 0) is 12.1 Å². The molecule has 2 heteroatoms. The topological polar surface area (TPSA) is 29.1 Å². The van der Waals surface area contributed by atoms with Crippen LogP contribution in [0.4, 0.5) is 5.69 Å². The van der Waals surface area contributed by atoms with Gasteiger partial charge in [-0.15, -0.1) is 6.42 Å². The van der Waals surface area contributed by atoms with Crippen molar-refractivity contribution < 1.29 is 4.79 Å². The predicted molar refractivity (Wildman–Crippen MR) is 48.9 cm³/mol. The van der Waals surface area contributed by atoms with Gasteiger partial charge in [-0.25, -0.2) is 0 Å². The Morgan fingerprint density at radius 3 is 2.92 bits per heavy atom. The van der Waals surface area contributed by atoms with Crippen molar-refractivity contribution in [2.24, 2.45) is 0 Å². The Morgan fingerprint density at radius 1 is 1.50 bits per heavy atom. The zero-order valence-electron chi connectivity index (χ0n) is 6.58. The highest BCUT2D eigenvalue weighted by atomic mass is 16.1. The molecule has 0 fully saturated rings. The molecule has 1 N–H and O–H groups in total. The van der Waals surface area contributed by atoms with Crippen LogP contribution in [-0.4, -0.2) is 12.8 Å². The van der Waals surface area contributed by atoms with E-state index in [1.54, 1.807) is 0 Å². The van der Waals surface area contributed by atoms with Gasteiger partial charge in [-0.2, -0.15) is 0 Å². The first-order valence-electron chi connectivity index (χ1n) is 3.61. The fraction of sp³-hybridized carbons (Fsp3) is 0.100. The summed E-state index contributed by atoms with van der Waals surface area (Å²) >= 11 is 0. The predicted octanol–water partition coefficient (Wildman–Crippen LogP) is 1.28. The van der Waals surface area contributed by atoms with Crippen LogP contribution in [0.2, 0.25) is 0 Å². The molecule has 0 bridgehead atoms. The lowest BCUT2D eigenvalue weighted by atomic mass is 10.2. The molecule has 0 radical (unpaired) electrons. The van der Waals surface area contributed by atoms with Crippen molar-refractivity contribution in [1.29, 1.82) is 0 Å². The fourth-order valence-electron chi connectivity index (χ4n) is 0.915. The molecule has 0 atom stereocenters. The second-order valence-corrected chi connectivity index (χ2v) is 2.24. The van der Waals surface area contributed by atoms with Gasteiger partial charge in [0.25, 0.3) is 0 Å². The molecule has 1 rings (SSSR count). The standard InChI is InChI=1S/C10H9NO/c1-2-9-5-3-4-6-10(9)11-7-8-12/h1,3-6,8,11H,7H2. The second kappa shape index (κ2) is 4.20. The number of benzene rings is 1. The summed E-state index contributed by atoms with van der Waals surface area (Å²) in [5, 5.41) is 2.90. The third-order valence-electron chi connectivity index (χ3n) is 1.46. The zero-order chi connectivity index (χ0) is 8.81. The Kier molecular flexibility index (Phi) is 2.92. The summed E-state index contributed by atoms with van der Waals surface area (Å²) in [5.74, 6) is 2.53. The summed E-state index contributed by atoms with van der Waals surface area (Å²) in [7, 11) is 0. The molecule has 0 saturated carbocycles. The van der Waals surface area contributed by atoms with E-state index in [9.17, 15) is 4.79 Å². The number of nitrogens with one attached hydrogen (secondary N) is 1. The van der Waals surface area contributed by atoms with Crippen molar-refractivity contribution >= 4 is 12.0 Å². The van der Waals surface area contributed by atoms with Gasteiger partial charge in [0, 0.05) is 5.56 Å². The SMILES string of the molecule is C#Cc1ccccc1NCC=O. The third-order valence-corrected chi connectivity index (χ3v) is 1.46. The first kappa shape index (κ1) is 8.35. The fourth-order valence-corrected chi connectivity index (χ4v) is 0.915. The number of para-hydroxylation sites is 1. The van der Waals surface area contributed by atoms with E-state index in [0.717, 1.165) is 17.5 Å². The van der Waals surface area contributed by atoms with Crippen LogP contribution in [0.5, 0.6) is 0 Å². The normalized spacial score (nSPS) is 8.58. The number of hydrogen-bond acceptors (Lipinski definition) is 2. The van der Waals surface area contributed by atoms with Crippen molar-refractivity contribution in [3.05, 3.63) is 29.8 Å². The highest BCUT2D eigenvalue weighted by molar-refractivity contribution is 5.64. The molecule has 0 aliphatic carbocycles. The van der Waals surface area contributed by atoms with Crippen molar-refractivity contribution in [3.63, 3.8) is 0 Å². The van der Waals surface area contributed by atoms with E-state index in [0.29, 0.717) is 6.54 Å². The number of terminal acetylenes is 1. The molecule has 12 heavy (non-hydrogen) atoms. The molecule has 60 valence electrons. The highest BCUT2D eigenvalue weighted by Crippen LogP contribution is 2.12. The zero-order valence-corrected chi connectivity index (χ0v) is 6.58. The molecule has 0 saturated heterocycles. The van der Waals surface area contributed by atoms with Gasteiger partial charge in [0.05, 0.1) is 12.2 Å². The van der Waals surface area contributed by atoms with Crippen LogP contribution in [0, 0.1) is 12.3 Å². The molecule has 0 unspecified atom stereocenters. The monoisotopic (exact) mass is 159 g/mol. The Hall–Kier alpha value is -1.75. The molecule has 0 heterocycles. The largest absolute Gasteiger partial charge is 0.377 e. The number of carbonyl (C=O) groups is 1. The number of hydrogen-bond donors (Lipinski definition) is 1. The molecule has 0 aliphatic heterocycles. The second-order valence-electron chi connectivity index (χ2n) is 2.24. The Labute approximate surface area is 71.6 Å². The highest BCUT2D eigenvalue weighted by Gasteiger charge is 1.95. The number of anilines is 1. The number of carbonyl (C=O) groups excluding carboxylic acids is 1. The van der Waals surface area contributed by atoms with E-state index in [-0.39, 0.29) is 0 Å². The molecular weight excluding hydrogens is 150 g/mol. The Balaban J connectivity index is 2.83. The van der Waals surface area contributed by atoms with E-state index in [1.807, 2.05) is 24.3 Å². The van der Waals surface area contributed by atoms with Crippen LogP contribution < -0.4 is 5.32 Å². The number of rotatable bonds is 3. The lowest BCUT2D eigenvalue weighted by Gasteiger charge is -2.03. The summed E-state index contributed by atoms with van der Waals surface area (Å²) in [6, 6.07) is 7.40. The molecular formula is C10H9NO. The van der Waals surface area contributed by atoms with Crippen LogP contribution in [0.25, 0.3) is 0 Å². The van der Waals surface area contributed by atoms with Crippen LogP contribution in [0.1, 0.15) is 5.56 Å². The van der Waals surface area contributed by atoms with Gasteiger partial charge in [0.15, 0.2) is 0 Å². The van der Waals surface area contributed by atoms with Crippen LogP contribution in [0.3, 0.4) is 0 Å². The van der Waals surface area contributed by atoms with Gasteiger partial charge in [-0.3, -0.25) is 0 Å². The molecule has 0 aromatic heterocycles. The molecule has 1 aromatic rings. The lowest BCUT2D eigenvalue weighted by molar-refractivity contribution is -0.106. The van der Waals surface area contributed by atoms with Gasteiger partial charge >= 0.3 is 0 Å². The van der Waals surface area contributed by atoms with Crippen LogP contribution in [-0.2, 0) is 4.79 Å². The summed E-state index contributed by atoms with van der Waals surface area (Å²) < 4.78 is 0. The lowest BCUT2D eigenvalue weighted by Crippen LogP contribution is -2.03. The maximum absolute atomic E-state index is 10.1. The van der Waals surface area contributed by atoms with Crippen molar-refractivity contribution in [2.75, 3.05) is 11.9 Å². The summed E-state index contributed by atoms with van der Waals surface area (Å²) in [6.07, 6.45) is 6.04. The minimum absolute atomic E-state index is 0.290. The minimum atomic E-state index is 0.290. The van der Waals surface area contributed by atoms with E-state index in [1.165, 1.54) is 0 Å². The molecule has 0 spiro atoms. The van der Waals surface area contributed by atoms with Crippen LogP contribution in [0.15, 0.2) is 24.3 Å². The van der Waals surface area contributed by atoms with E-state index < -0.39 is 0 Å². The quantitative estimate of drug-likeness (QED) is 0.531. The van der Waals surface area contributed by atoms with E-state index in [2.05, 4.69) is 11.2 Å². The Morgan fingerprint density at radius 2 is 2.25 bits per heavy atom. The molecule has 0 amide bonds. The average molecular weight is 159 g/mol. The van der Waals surface area contributed by atoms with E-state index >= 15 is 0 Å². The number of aldehydes is 1. The van der Waals surface area contributed by atoms with E-state index in [4.69, 9.17) is 6.42 Å². The molecule has 0 aliphatic rings. The summed E-state index contributed by atoms with van der Waals surface area (Å²) in [4.78, 5) is 10.1. The maximum atomic E-state index is 10.1. The summed E-state index contributed by atoms with van der Waals surface area (Å²) in [5.41, 5.74) is 1.60. The minimum Gasteiger partial charge on any atom is -0.377 e. The van der Waals surface area contributed by atoms with Crippen molar-refractivity contribution in [1.82, 2.24) is 0 Å². The first-order valence-corrected chi connectivity index (χ1v) is 3.61. The first-order chi connectivity index (χ1) is 5.88. The summed E-state index contributed by atoms with van der Waals surface area (Å²) in [6.45, 7) is 0.290. The van der Waals surface area contributed by atoms with Crippen LogP contribution >= 0.6 is 0 Å². The van der Waals surface area contributed by atoms with Crippen molar-refractivity contribution in [2.45, 2.75) is 0 Å². The molecule has 1 aromatic carbocycles. The Bertz CT molecular complexity index is 312. The van der Waals surface area contributed by atoms with Gasteiger partial charge in [0.2, 0.25) is 0 Å². The van der Waals surface area contributed by atoms with Gasteiger partial charge in [0.1, 0.15) is 6.29 Å². The average Bonchev–Trinajstić information content (AvgIpc) is 2.15. The van der Waals surface area contributed by atoms with Gasteiger partial charge in [-0.1, -0.05) is 18.1 Å². The van der Waals surface area contributed by atoms with Crippen molar-refractivity contribution in [3.8, 4) is 12.3 Å². The molecule has 2 nitrogen and oxygen atoms in total. The maximum Gasteiger partial charge on any atom is 0.139 e. The smallest absolute Gasteiger partial charge is 0.139 e. The van der Waals surface area contributed by atoms with Gasteiger partial charge < -0.3 is 10.1 Å². The third kappa shape index (κ3) is 1.86.